The van der Waals surface area contributed by atoms with Crippen LogP contribution in [-0.2, 0) is 9.59 Å². The Labute approximate surface area is 158 Å². The minimum Gasteiger partial charge on any atom is -0.359 e. The van der Waals surface area contributed by atoms with Crippen LogP contribution in [0.3, 0.4) is 0 Å². The van der Waals surface area contributed by atoms with E-state index in [4.69, 9.17) is 0 Å². The van der Waals surface area contributed by atoms with Crippen LogP contribution in [-0.4, -0.2) is 29.8 Å². The molecule has 3 rings (SSSR count). The van der Waals surface area contributed by atoms with Gasteiger partial charge in [-0.2, -0.15) is 0 Å². The Morgan fingerprint density at radius 1 is 1.07 bits per heavy atom. The number of carbonyl (C=O) groups excluding carboxylic acids is 2. The van der Waals surface area contributed by atoms with Crippen LogP contribution < -0.4 is 10.6 Å². The average molecular weight is 399 g/mol. The van der Waals surface area contributed by atoms with Crippen molar-refractivity contribution in [1.82, 2.24) is 10.3 Å². The molecule has 1 aromatic carbocycles. The number of hydrogen-bond acceptors (Lipinski definition) is 2. The number of alkyl halides is 2. The third-order valence-corrected chi connectivity index (χ3v) is 5.25. The van der Waals surface area contributed by atoms with Crippen molar-refractivity contribution in [2.45, 2.75) is 38.5 Å². The van der Waals surface area contributed by atoms with Crippen molar-refractivity contribution in [3.05, 3.63) is 30.0 Å². The third kappa shape index (κ3) is 4.45. The van der Waals surface area contributed by atoms with Crippen LogP contribution in [0.15, 0.2) is 18.3 Å². The smallest absolute Gasteiger partial charge is 0.313 e. The Morgan fingerprint density at radius 2 is 1.75 bits per heavy atom. The summed E-state index contributed by atoms with van der Waals surface area (Å²) in [7, 11) is 0. The van der Waals surface area contributed by atoms with Crippen molar-refractivity contribution < 1.29 is 27.2 Å². The molecule has 1 fully saturated rings. The molecular weight excluding hydrogens is 378 g/mol. The molecule has 0 radical (unpaired) electrons. The highest BCUT2D eigenvalue weighted by molar-refractivity contribution is 6.40. The molecule has 1 unspecified atom stereocenters. The first-order valence-corrected chi connectivity index (χ1v) is 9.20. The third-order valence-electron chi connectivity index (χ3n) is 5.25. The van der Waals surface area contributed by atoms with E-state index in [1.807, 2.05) is 0 Å². The molecule has 0 aliphatic heterocycles. The molecular formula is C19H21F4N3O2. The molecule has 0 spiro atoms. The van der Waals surface area contributed by atoms with E-state index in [2.05, 4.69) is 15.6 Å². The molecule has 1 aromatic heterocycles. The van der Waals surface area contributed by atoms with Crippen LogP contribution >= 0.6 is 0 Å². The number of anilines is 1. The molecule has 28 heavy (non-hydrogen) atoms. The fourth-order valence-corrected chi connectivity index (χ4v) is 3.71. The zero-order valence-electron chi connectivity index (χ0n) is 15.0. The largest absolute Gasteiger partial charge is 0.359 e. The Balaban J connectivity index is 1.61. The maximum atomic E-state index is 13.4. The first-order chi connectivity index (χ1) is 13.4. The summed E-state index contributed by atoms with van der Waals surface area (Å²) >= 11 is 0. The molecule has 3 N–H and O–H groups in total. The molecule has 152 valence electrons. The van der Waals surface area contributed by atoms with Gasteiger partial charge in [0.15, 0.2) is 11.6 Å². The molecule has 0 saturated heterocycles. The van der Waals surface area contributed by atoms with Crippen LogP contribution in [0, 0.1) is 23.5 Å². The predicted octanol–water partition coefficient (Wildman–Crippen LogP) is 3.96. The molecule has 1 atom stereocenters. The van der Waals surface area contributed by atoms with Gasteiger partial charge in [0, 0.05) is 30.1 Å². The number of benzene rings is 1. The van der Waals surface area contributed by atoms with Gasteiger partial charge >= 0.3 is 11.8 Å². The summed E-state index contributed by atoms with van der Waals surface area (Å²) < 4.78 is 53.4. The van der Waals surface area contributed by atoms with Crippen LogP contribution in [0.5, 0.6) is 0 Å². The van der Waals surface area contributed by atoms with Gasteiger partial charge in [-0.3, -0.25) is 9.59 Å². The van der Waals surface area contributed by atoms with E-state index < -0.39 is 35.8 Å². The number of rotatable bonds is 5. The summed E-state index contributed by atoms with van der Waals surface area (Å²) in [4.78, 5) is 26.8. The van der Waals surface area contributed by atoms with Crippen molar-refractivity contribution in [2.24, 2.45) is 11.8 Å². The van der Waals surface area contributed by atoms with E-state index >= 15 is 0 Å². The van der Waals surface area contributed by atoms with E-state index in [1.54, 1.807) is 0 Å². The van der Waals surface area contributed by atoms with Crippen LogP contribution in [0.2, 0.25) is 0 Å². The SMILES string of the molecule is O=C(NCC(C(F)F)C1CCCCC1)C(=O)Nc1c[nH]c2cc(F)c(F)cc12. The number of amides is 2. The van der Waals surface area contributed by atoms with Crippen molar-refractivity contribution >= 4 is 28.4 Å². The predicted molar refractivity (Wildman–Crippen MR) is 95.9 cm³/mol. The Kier molecular flexibility index (Phi) is 6.21. The Morgan fingerprint density at radius 3 is 2.43 bits per heavy atom. The van der Waals surface area contributed by atoms with Gasteiger partial charge in [-0.15, -0.1) is 0 Å². The van der Waals surface area contributed by atoms with Gasteiger partial charge in [0.25, 0.3) is 0 Å². The highest BCUT2D eigenvalue weighted by atomic mass is 19.3. The van der Waals surface area contributed by atoms with Gasteiger partial charge in [-0.1, -0.05) is 19.3 Å². The lowest BCUT2D eigenvalue weighted by Gasteiger charge is -2.29. The minimum absolute atomic E-state index is 0.0896. The summed E-state index contributed by atoms with van der Waals surface area (Å²) in [5.41, 5.74) is 0.330. The summed E-state index contributed by atoms with van der Waals surface area (Å²) in [6.45, 7) is -0.289. The van der Waals surface area contributed by atoms with Gasteiger partial charge in [0.1, 0.15) is 0 Å². The fraction of sp³-hybridized carbons (Fsp3) is 0.474. The number of aromatic nitrogens is 1. The summed E-state index contributed by atoms with van der Waals surface area (Å²) in [5.74, 6) is -5.45. The lowest BCUT2D eigenvalue weighted by molar-refractivity contribution is -0.136. The highest BCUT2D eigenvalue weighted by Crippen LogP contribution is 2.33. The van der Waals surface area contributed by atoms with E-state index in [0.717, 1.165) is 31.4 Å². The second-order valence-electron chi connectivity index (χ2n) is 7.07. The van der Waals surface area contributed by atoms with Gasteiger partial charge in [0.05, 0.1) is 11.2 Å². The van der Waals surface area contributed by atoms with Crippen molar-refractivity contribution in [3.8, 4) is 0 Å². The summed E-state index contributed by atoms with van der Waals surface area (Å²) in [6.07, 6.45) is 2.89. The zero-order valence-corrected chi connectivity index (χ0v) is 15.0. The van der Waals surface area contributed by atoms with Gasteiger partial charge < -0.3 is 15.6 Å². The number of carbonyl (C=O) groups is 2. The lowest BCUT2D eigenvalue weighted by Crippen LogP contribution is -2.41. The first-order valence-electron chi connectivity index (χ1n) is 9.20. The van der Waals surface area contributed by atoms with E-state index in [0.29, 0.717) is 12.8 Å². The maximum Gasteiger partial charge on any atom is 0.313 e. The first kappa shape index (κ1) is 20.2. The number of aromatic amines is 1. The van der Waals surface area contributed by atoms with Gasteiger partial charge in [0.2, 0.25) is 6.43 Å². The normalized spacial score (nSPS) is 16.3. The highest BCUT2D eigenvalue weighted by Gasteiger charge is 2.31. The molecule has 5 nitrogen and oxygen atoms in total. The van der Waals surface area contributed by atoms with Crippen molar-refractivity contribution in [1.29, 1.82) is 0 Å². The quantitative estimate of drug-likeness (QED) is 0.526. The van der Waals surface area contributed by atoms with Gasteiger partial charge in [-0.05, 0) is 24.8 Å². The molecule has 1 saturated carbocycles. The molecule has 2 amide bonds. The van der Waals surface area contributed by atoms with Crippen LogP contribution in [0.1, 0.15) is 32.1 Å². The topological polar surface area (TPSA) is 74.0 Å². The van der Waals surface area contributed by atoms with Crippen LogP contribution in [0.4, 0.5) is 23.2 Å². The maximum absolute atomic E-state index is 13.4. The van der Waals surface area contributed by atoms with E-state index in [1.165, 1.54) is 6.20 Å². The Bertz CT molecular complexity index is 862. The van der Waals surface area contributed by atoms with Gasteiger partial charge in [-0.25, -0.2) is 17.6 Å². The number of nitrogens with one attached hydrogen (secondary N) is 3. The molecule has 1 heterocycles. The fourth-order valence-electron chi connectivity index (χ4n) is 3.71. The van der Waals surface area contributed by atoms with Crippen molar-refractivity contribution in [3.63, 3.8) is 0 Å². The monoisotopic (exact) mass is 399 g/mol. The van der Waals surface area contributed by atoms with E-state index in [-0.39, 0.29) is 29.1 Å². The second-order valence-corrected chi connectivity index (χ2v) is 7.07. The molecule has 1 aliphatic carbocycles. The summed E-state index contributed by atoms with van der Waals surface area (Å²) in [6, 6.07) is 1.82. The number of hydrogen-bond donors (Lipinski definition) is 3. The lowest BCUT2D eigenvalue weighted by atomic mass is 9.80. The van der Waals surface area contributed by atoms with Crippen LogP contribution in [0.25, 0.3) is 10.9 Å². The standard InChI is InChI=1S/C19H21F4N3O2/c20-13-6-11-15(7-14(13)21)24-9-16(11)26-19(28)18(27)25-8-12(17(22)23)10-4-2-1-3-5-10/h6-7,9-10,12,17,24H,1-5,8H2,(H,25,27)(H,26,28). The zero-order chi connectivity index (χ0) is 20.3. The summed E-state index contributed by atoms with van der Waals surface area (Å²) in [5, 5.41) is 4.74. The molecule has 2 aromatic rings. The van der Waals surface area contributed by atoms with Crippen molar-refractivity contribution in [2.75, 3.05) is 11.9 Å². The Hall–Kier alpha value is -2.58. The van der Waals surface area contributed by atoms with E-state index in [9.17, 15) is 27.2 Å². The molecule has 0 bridgehead atoms. The molecule has 1 aliphatic rings. The molecule has 9 heteroatoms. The average Bonchev–Trinajstić information content (AvgIpc) is 3.04. The second kappa shape index (κ2) is 8.62. The number of fused-ring (bicyclic) bond motifs is 1. The minimum atomic E-state index is -2.59. The number of halogens is 4. The number of H-pyrrole nitrogens is 1.